The maximum absolute atomic E-state index is 13.2. The van der Waals surface area contributed by atoms with E-state index in [2.05, 4.69) is 5.32 Å². The number of hydrogen-bond acceptors (Lipinski definition) is 4. The van der Waals surface area contributed by atoms with Crippen LogP contribution < -0.4 is 15.0 Å². The van der Waals surface area contributed by atoms with Gasteiger partial charge in [0.1, 0.15) is 5.75 Å². The molecule has 31 heavy (non-hydrogen) atoms. The largest absolute Gasteiger partial charge is 0.480 e. The Morgan fingerprint density at radius 3 is 2.52 bits per heavy atom. The summed E-state index contributed by atoms with van der Waals surface area (Å²) < 4.78 is 5.79. The van der Waals surface area contributed by atoms with Gasteiger partial charge in [-0.15, -0.1) is 0 Å². The van der Waals surface area contributed by atoms with E-state index in [0.29, 0.717) is 17.9 Å². The summed E-state index contributed by atoms with van der Waals surface area (Å²) in [6.45, 7) is 0. The van der Waals surface area contributed by atoms with E-state index in [0.717, 1.165) is 22.4 Å². The molecule has 6 nitrogen and oxygen atoms in total. The first-order valence-electron chi connectivity index (χ1n) is 10.2. The smallest absolute Gasteiger partial charge is 0.272 e. The molecule has 0 spiro atoms. The van der Waals surface area contributed by atoms with Crippen LogP contribution in [0.4, 0.5) is 5.69 Å². The lowest BCUT2D eigenvalue weighted by molar-refractivity contribution is -0.131. The molecule has 2 unspecified atom stereocenters. The summed E-state index contributed by atoms with van der Waals surface area (Å²) in [6.07, 6.45) is -1.27. The Bertz CT molecular complexity index is 1160. The van der Waals surface area contributed by atoms with Crippen molar-refractivity contribution in [2.45, 2.75) is 18.7 Å². The molecule has 5 rings (SSSR count). The van der Waals surface area contributed by atoms with Crippen molar-refractivity contribution in [1.82, 2.24) is 5.32 Å². The fourth-order valence-electron chi connectivity index (χ4n) is 4.00. The zero-order valence-electron chi connectivity index (χ0n) is 17.0. The Hall–Kier alpha value is -3.93. The normalized spacial score (nSPS) is 19.6. The van der Waals surface area contributed by atoms with Crippen LogP contribution in [0.2, 0.25) is 0 Å². The number of nitrogens with one attached hydrogen (secondary N) is 1. The van der Waals surface area contributed by atoms with E-state index in [-0.39, 0.29) is 11.8 Å². The van der Waals surface area contributed by atoms with Crippen LogP contribution in [0.15, 0.2) is 83.9 Å². The molecule has 0 aromatic heterocycles. The molecule has 1 N–H and O–H groups in total. The highest BCUT2D eigenvalue weighted by molar-refractivity contribution is 6.20. The minimum absolute atomic E-state index is 0.303. The van der Waals surface area contributed by atoms with Crippen molar-refractivity contribution < 1.29 is 14.3 Å². The quantitative estimate of drug-likeness (QED) is 0.720. The number of benzene rings is 3. The lowest BCUT2D eigenvalue weighted by Gasteiger charge is -2.21. The van der Waals surface area contributed by atoms with E-state index in [4.69, 9.17) is 9.73 Å². The molecule has 2 atom stereocenters. The molecular weight excluding hydrogens is 390 g/mol. The maximum Gasteiger partial charge on any atom is 0.272 e. The summed E-state index contributed by atoms with van der Waals surface area (Å²) in [5.41, 5.74) is 4.10. The predicted molar refractivity (Wildman–Crippen MR) is 118 cm³/mol. The molecular formula is C25H21N3O3. The number of anilines is 1. The van der Waals surface area contributed by atoms with Gasteiger partial charge in [-0.2, -0.15) is 0 Å². The van der Waals surface area contributed by atoms with Crippen molar-refractivity contribution in [2.24, 2.45) is 4.99 Å². The highest BCUT2D eigenvalue weighted by Gasteiger charge is 2.35. The summed E-state index contributed by atoms with van der Waals surface area (Å²) in [5, 5.41) is 2.81. The molecule has 2 aliphatic rings. The van der Waals surface area contributed by atoms with E-state index in [1.807, 2.05) is 78.9 Å². The summed E-state index contributed by atoms with van der Waals surface area (Å²) in [5.74, 6) is 0.0418. The fraction of sp³-hybridized carbons (Fsp3) is 0.160. The molecule has 0 radical (unpaired) electrons. The van der Waals surface area contributed by atoms with Crippen LogP contribution >= 0.6 is 0 Å². The van der Waals surface area contributed by atoms with Gasteiger partial charge in [-0.25, -0.2) is 4.99 Å². The van der Waals surface area contributed by atoms with E-state index >= 15 is 0 Å². The summed E-state index contributed by atoms with van der Waals surface area (Å²) >= 11 is 0. The summed E-state index contributed by atoms with van der Waals surface area (Å²) in [7, 11) is 1.70. The topological polar surface area (TPSA) is 71.0 Å². The number of para-hydroxylation sites is 2. The first-order valence-corrected chi connectivity index (χ1v) is 10.2. The van der Waals surface area contributed by atoms with Gasteiger partial charge < -0.3 is 15.0 Å². The lowest BCUT2D eigenvalue weighted by atomic mass is 10.0. The van der Waals surface area contributed by atoms with Gasteiger partial charge in [0.15, 0.2) is 6.10 Å². The zero-order valence-corrected chi connectivity index (χ0v) is 17.0. The lowest BCUT2D eigenvalue weighted by Crippen LogP contribution is -2.50. The Morgan fingerprint density at radius 2 is 1.71 bits per heavy atom. The Kier molecular flexibility index (Phi) is 4.75. The van der Waals surface area contributed by atoms with Crippen LogP contribution in [0.5, 0.6) is 5.75 Å². The number of aliphatic imine (C=N–C) groups is 1. The van der Waals surface area contributed by atoms with Gasteiger partial charge in [-0.3, -0.25) is 9.59 Å². The van der Waals surface area contributed by atoms with Gasteiger partial charge in [0.25, 0.3) is 11.8 Å². The van der Waals surface area contributed by atoms with Gasteiger partial charge in [0, 0.05) is 24.6 Å². The van der Waals surface area contributed by atoms with Crippen molar-refractivity contribution in [1.29, 1.82) is 0 Å². The number of fused-ring (bicyclic) bond motifs is 2. The first kappa shape index (κ1) is 19.1. The Labute approximate surface area is 180 Å². The average Bonchev–Trinajstić information content (AvgIpc) is 3.22. The van der Waals surface area contributed by atoms with Gasteiger partial charge in [0.2, 0.25) is 6.17 Å². The van der Waals surface area contributed by atoms with E-state index < -0.39 is 12.3 Å². The third kappa shape index (κ3) is 3.46. The van der Waals surface area contributed by atoms with Crippen LogP contribution in [0.3, 0.4) is 0 Å². The number of carbonyl (C=O) groups excluding carboxylic acids is 2. The molecule has 0 saturated heterocycles. The van der Waals surface area contributed by atoms with Gasteiger partial charge in [-0.05, 0) is 17.7 Å². The molecule has 3 aromatic carbocycles. The maximum atomic E-state index is 13.2. The number of carbonyl (C=O) groups is 2. The number of rotatable bonds is 3. The number of amides is 2. The summed E-state index contributed by atoms with van der Waals surface area (Å²) in [6, 6.07) is 24.9. The van der Waals surface area contributed by atoms with Crippen molar-refractivity contribution >= 4 is 23.2 Å². The number of hydrogen-bond donors (Lipinski definition) is 1. The van der Waals surface area contributed by atoms with Crippen molar-refractivity contribution in [3.63, 3.8) is 0 Å². The van der Waals surface area contributed by atoms with Gasteiger partial charge in [0.05, 0.1) is 11.4 Å². The van der Waals surface area contributed by atoms with Crippen LogP contribution in [-0.2, 0) is 16.0 Å². The second-order valence-corrected chi connectivity index (χ2v) is 7.59. The molecule has 6 heteroatoms. The molecule has 2 heterocycles. The molecule has 0 fully saturated rings. The average molecular weight is 411 g/mol. The molecule has 2 aliphatic heterocycles. The fourth-order valence-corrected chi connectivity index (χ4v) is 4.00. The number of benzodiazepines with no additional fused rings is 1. The molecule has 0 aliphatic carbocycles. The van der Waals surface area contributed by atoms with Crippen molar-refractivity contribution in [3.8, 4) is 5.75 Å². The second kappa shape index (κ2) is 7.72. The van der Waals surface area contributed by atoms with E-state index in [1.54, 1.807) is 11.9 Å². The van der Waals surface area contributed by atoms with Gasteiger partial charge in [-0.1, -0.05) is 66.7 Å². The zero-order chi connectivity index (χ0) is 21.4. The number of likely N-dealkylation sites (N-methyl/N-ethyl adjacent to an activating group) is 1. The van der Waals surface area contributed by atoms with Crippen LogP contribution in [0.1, 0.15) is 16.7 Å². The number of nitrogens with zero attached hydrogens (tertiary/aromatic N) is 2. The van der Waals surface area contributed by atoms with Crippen molar-refractivity contribution in [3.05, 3.63) is 95.6 Å². The minimum Gasteiger partial charge on any atom is -0.480 e. The molecule has 0 bridgehead atoms. The van der Waals surface area contributed by atoms with Crippen LogP contribution in [-0.4, -0.2) is 36.8 Å². The van der Waals surface area contributed by atoms with Crippen LogP contribution in [0, 0.1) is 0 Å². The van der Waals surface area contributed by atoms with Gasteiger partial charge >= 0.3 is 0 Å². The molecule has 2 amide bonds. The monoisotopic (exact) mass is 411 g/mol. The molecule has 154 valence electrons. The molecule has 3 aromatic rings. The van der Waals surface area contributed by atoms with E-state index in [1.165, 1.54) is 0 Å². The standard InChI is InChI=1S/C25H21N3O3/c1-28-19-13-7-6-12-18(19)22(16-9-3-2-4-10-16)26-23(25(28)30)27-24(29)21-15-17-11-5-8-14-20(17)31-21/h2-14,21,23H,15H2,1H3,(H,27,29). The Balaban J connectivity index is 1.48. The molecule has 0 saturated carbocycles. The third-order valence-corrected chi connectivity index (χ3v) is 5.61. The first-order chi connectivity index (χ1) is 15.1. The van der Waals surface area contributed by atoms with Crippen LogP contribution in [0.25, 0.3) is 0 Å². The third-order valence-electron chi connectivity index (χ3n) is 5.61. The summed E-state index contributed by atoms with van der Waals surface area (Å²) in [4.78, 5) is 32.5. The SMILES string of the molecule is CN1C(=O)C(NC(=O)C2Cc3ccccc3O2)N=C(c2ccccc2)c2ccccc21. The van der Waals surface area contributed by atoms with E-state index in [9.17, 15) is 9.59 Å². The second-order valence-electron chi connectivity index (χ2n) is 7.59. The highest BCUT2D eigenvalue weighted by atomic mass is 16.5. The number of ether oxygens (including phenoxy) is 1. The predicted octanol–water partition coefficient (Wildman–Crippen LogP) is 2.95. The van der Waals surface area contributed by atoms with Crippen molar-refractivity contribution in [2.75, 3.05) is 11.9 Å². The Morgan fingerprint density at radius 1 is 1.00 bits per heavy atom. The minimum atomic E-state index is -1.05. The highest BCUT2D eigenvalue weighted by Crippen LogP contribution is 2.29.